The number of pyridine rings is 1. The molecule has 0 aliphatic carbocycles. The minimum Gasteiger partial charge on any atom is -0.493 e. The van der Waals surface area contributed by atoms with Crippen LogP contribution in [0.25, 0.3) is 22.4 Å². The molecule has 0 aliphatic rings. The Bertz CT molecular complexity index is 1010. The molecule has 2 N–H and O–H groups in total. The van der Waals surface area contributed by atoms with Gasteiger partial charge < -0.3 is 10.5 Å². The molecule has 0 radical (unpaired) electrons. The van der Waals surface area contributed by atoms with Crippen LogP contribution >= 0.6 is 15.9 Å². The van der Waals surface area contributed by atoms with Crippen molar-refractivity contribution in [2.75, 3.05) is 12.3 Å². The van der Waals surface area contributed by atoms with E-state index in [0.29, 0.717) is 23.5 Å². The number of nitrogens with two attached hydrogens (primary N) is 1. The van der Waals surface area contributed by atoms with Crippen LogP contribution in [-0.2, 0) is 0 Å². The van der Waals surface area contributed by atoms with E-state index in [0.717, 1.165) is 26.9 Å². The first-order valence-electron chi connectivity index (χ1n) is 8.24. The third-order valence-electron chi connectivity index (χ3n) is 4.00. The predicted octanol–water partition coefficient (Wildman–Crippen LogP) is 5.34. The van der Waals surface area contributed by atoms with Crippen molar-refractivity contribution in [2.24, 2.45) is 0 Å². The number of hydrogen-bond acceptors (Lipinski definition) is 4. The number of hydrogen-bond donors (Lipinski definition) is 1. The van der Waals surface area contributed by atoms with Crippen molar-refractivity contribution in [1.82, 2.24) is 4.98 Å². The Hall–Kier alpha value is -2.84. The number of aryl methyl sites for hydroxylation is 1. The van der Waals surface area contributed by atoms with Crippen molar-refractivity contribution in [2.45, 2.75) is 13.8 Å². The van der Waals surface area contributed by atoms with Gasteiger partial charge in [-0.2, -0.15) is 5.26 Å². The van der Waals surface area contributed by atoms with E-state index in [9.17, 15) is 5.26 Å². The van der Waals surface area contributed by atoms with Gasteiger partial charge in [-0.05, 0) is 44.2 Å². The quantitative estimate of drug-likeness (QED) is 0.633. The van der Waals surface area contributed by atoms with Crippen molar-refractivity contribution in [3.63, 3.8) is 0 Å². The number of nitrogen functional groups attached to an aromatic ring is 1. The summed E-state index contributed by atoms with van der Waals surface area (Å²) in [6, 6.07) is 17.8. The summed E-state index contributed by atoms with van der Waals surface area (Å²) in [5.41, 5.74) is 10.8. The summed E-state index contributed by atoms with van der Waals surface area (Å²) < 4.78 is 6.65. The molecule has 0 saturated heterocycles. The molecule has 1 aromatic heterocycles. The normalized spacial score (nSPS) is 10.4. The molecule has 130 valence electrons. The van der Waals surface area contributed by atoms with Crippen LogP contribution < -0.4 is 10.5 Å². The van der Waals surface area contributed by atoms with Gasteiger partial charge in [-0.15, -0.1) is 0 Å². The van der Waals surface area contributed by atoms with Gasteiger partial charge in [0.25, 0.3) is 0 Å². The first kappa shape index (κ1) is 18.0. The van der Waals surface area contributed by atoms with E-state index >= 15 is 0 Å². The van der Waals surface area contributed by atoms with E-state index in [2.05, 4.69) is 27.0 Å². The molecule has 26 heavy (non-hydrogen) atoms. The second-order valence-corrected chi connectivity index (χ2v) is 6.79. The number of ether oxygens (including phenoxy) is 1. The molecule has 0 atom stereocenters. The average molecular weight is 408 g/mol. The Morgan fingerprint density at radius 2 is 1.96 bits per heavy atom. The fourth-order valence-corrected chi connectivity index (χ4v) is 3.20. The van der Waals surface area contributed by atoms with Crippen LogP contribution in [-0.4, -0.2) is 11.6 Å². The molecule has 0 saturated carbocycles. The molecule has 3 rings (SSSR count). The third kappa shape index (κ3) is 3.56. The summed E-state index contributed by atoms with van der Waals surface area (Å²) in [5.74, 6) is 0.914. The summed E-state index contributed by atoms with van der Waals surface area (Å²) in [7, 11) is 0. The van der Waals surface area contributed by atoms with Crippen LogP contribution in [0.1, 0.15) is 18.1 Å². The van der Waals surface area contributed by atoms with Gasteiger partial charge in [0.1, 0.15) is 23.2 Å². The van der Waals surface area contributed by atoms with E-state index in [1.165, 1.54) is 0 Å². The van der Waals surface area contributed by atoms with Gasteiger partial charge in [-0.25, -0.2) is 4.98 Å². The van der Waals surface area contributed by atoms with E-state index in [4.69, 9.17) is 10.5 Å². The van der Waals surface area contributed by atoms with Crippen LogP contribution in [0.2, 0.25) is 0 Å². The highest BCUT2D eigenvalue weighted by atomic mass is 79.9. The highest BCUT2D eigenvalue weighted by Gasteiger charge is 2.17. The summed E-state index contributed by atoms with van der Waals surface area (Å²) in [6.07, 6.45) is 0. The number of anilines is 1. The molecule has 2 aromatic carbocycles. The average Bonchev–Trinajstić information content (AvgIpc) is 2.62. The molecule has 0 aliphatic heterocycles. The standard InChI is InChI=1S/C21H18BrN3O/c1-3-26-20-8-7-15(22)10-17(20)16-11-19(25-21(24)18(16)12-23)14-6-4-5-13(2)9-14/h4-11H,3H2,1-2H3,(H2,24,25). The Kier molecular flexibility index (Phi) is 5.24. The molecule has 3 aromatic rings. The summed E-state index contributed by atoms with van der Waals surface area (Å²) in [4.78, 5) is 4.44. The van der Waals surface area contributed by atoms with E-state index in [1.807, 2.05) is 62.4 Å². The maximum atomic E-state index is 9.63. The molecule has 4 nitrogen and oxygen atoms in total. The van der Waals surface area contributed by atoms with E-state index < -0.39 is 0 Å². The van der Waals surface area contributed by atoms with Gasteiger partial charge in [-0.3, -0.25) is 0 Å². The van der Waals surface area contributed by atoms with Crippen LogP contribution in [0.15, 0.2) is 53.0 Å². The number of aromatic nitrogens is 1. The van der Waals surface area contributed by atoms with Crippen molar-refractivity contribution in [1.29, 1.82) is 5.26 Å². The lowest BCUT2D eigenvalue weighted by atomic mass is 9.97. The summed E-state index contributed by atoms with van der Waals surface area (Å²) in [6.45, 7) is 4.48. The molecule has 0 fully saturated rings. The van der Waals surface area contributed by atoms with Crippen LogP contribution in [0.5, 0.6) is 5.75 Å². The first-order valence-corrected chi connectivity index (χ1v) is 9.03. The SMILES string of the molecule is CCOc1ccc(Br)cc1-c1cc(-c2cccc(C)c2)nc(N)c1C#N. The van der Waals surface area contributed by atoms with E-state index in [1.54, 1.807) is 0 Å². The molecule has 0 unspecified atom stereocenters. The zero-order valence-electron chi connectivity index (χ0n) is 14.6. The Labute approximate surface area is 161 Å². The van der Waals surface area contributed by atoms with Gasteiger partial charge in [0.05, 0.1) is 12.3 Å². The molecule has 1 heterocycles. The molecular formula is C21H18BrN3O. The maximum absolute atomic E-state index is 9.63. The van der Waals surface area contributed by atoms with Crippen molar-refractivity contribution < 1.29 is 4.74 Å². The minimum atomic E-state index is 0.212. The summed E-state index contributed by atoms with van der Waals surface area (Å²) in [5, 5.41) is 9.63. The topological polar surface area (TPSA) is 71.9 Å². The van der Waals surface area contributed by atoms with Gasteiger partial charge in [-0.1, -0.05) is 39.7 Å². The third-order valence-corrected chi connectivity index (χ3v) is 4.50. The molecule has 0 bridgehead atoms. The number of nitriles is 1. The van der Waals surface area contributed by atoms with Crippen LogP contribution in [0, 0.1) is 18.3 Å². The lowest BCUT2D eigenvalue weighted by Crippen LogP contribution is -2.01. The molecule has 0 spiro atoms. The number of nitrogens with zero attached hydrogens (tertiary/aromatic N) is 2. The molecule has 5 heteroatoms. The lowest BCUT2D eigenvalue weighted by molar-refractivity contribution is 0.341. The fourth-order valence-electron chi connectivity index (χ4n) is 2.84. The summed E-state index contributed by atoms with van der Waals surface area (Å²) >= 11 is 3.50. The van der Waals surface area contributed by atoms with Gasteiger partial charge >= 0.3 is 0 Å². The zero-order chi connectivity index (χ0) is 18.7. The van der Waals surface area contributed by atoms with Crippen molar-refractivity contribution in [3.8, 4) is 34.2 Å². The Morgan fingerprint density at radius 3 is 2.65 bits per heavy atom. The maximum Gasteiger partial charge on any atom is 0.142 e. The number of halogens is 1. The fraction of sp³-hybridized carbons (Fsp3) is 0.143. The van der Waals surface area contributed by atoms with Crippen LogP contribution in [0.4, 0.5) is 5.82 Å². The van der Waals surface area contributed by atoms with Crippen molar-refractivity contribution >= 4 is 21.7 Å². The Morgan fingerprint density at radius 1 is 1.15 bits per heavy atom. The van der Waals surface area contributed by atoms with Crippen molar-refractivity contribution in [3.05, 3.63) is 64.1 Å². The Balaban J connectivity index is 2.28. The number of benzene rings is 2. The highest BCUT2D eigenvalue weighted by Crippen LogP contribution is 2.38. The van der Waals surface area contributed by atoms with Gasteiger partial charge in [0.2, 0.25) is 0 Å². The van der Waals surface area contributed by atoms with Gasteiger partial charge in [0.15, 0.2) is 0 Å². The second kappa shape index (κ2) is 7.59. The van der Waals surface area contributed by atoms with Crippen LogP contribution in [0.3, 0.4) is 0 Å². The number of rotatable bonds is 4. The van der Waals surface area contributed by atoms with Gasteiger partial charge in [0, 0.05) is 21.2 Å². The molecule has 0 amide bonds. The largest absolute Gasteiger partial charge is 0.493 e. The predicted molar refractivity (Wildman–Crippen MR) is 108 cm³/mol. The minimum absolute atomic E-state index is 0.212. The van der Waals surface area contributed by atoms with E-state index in [-0.39, 0.29) is 5.82 Å². The smallest absolute Gasteiger partial charge is 0.142 e. The monoisotopic (exact) mass is 407 g/mol. The molecular weight excluding hydrogens is 390 g/mol. The second-order valence-electron chi connectivity index (χ2n) is 5.87. The zero-order valence-corrected chi connectivity index (χ0v) is 16.2. The highest BCUT2D eigenvalue weighted by molar-refractivity contribution is 9.10. The first-order chi connectivity index (χ1) is 12.5. The lowest BCUT2D eigenvalue weighted by Gasteiger charge is -2.14.